The number of nitrogens with two attached hydrogens (primary N) is 1. The molecule has 1 aromatic rings. The Morgan fingerprint density at radius 1 is 1.60 bits per heavy atom. The number of nitrogens with one attached hydrogen (secondary N) is 1. The van der Waals surface area contributed by atoms with E-state index in [1.165, 1.54) is 6.07 Å². The number of hydrogen-bond donors (Lipinski definition) is 2. The van der Waals surface area contributed by atoms with Crippen LogP contribution < -0.4 is 11.3 Å². The first-order chi connectivity index (χ1) is 4.33. The molecule has 3 nitrogen and oxygen atoms in total. The van der Waals surface area contributed by atoms with Crippen LogP contribution in [-0.2, 0) is 6.54 Å². The summed E-state index contributed by atoms with van der Waals surface area (Å²) in [5.74, 6) is 0. The van der Waals surface area contributed by atoms with E-state index in [0.717, 1.165) is 5.56 Å². The van der Waals surface area contributed by atoms with Crippen molar-refractivity contribution in [2.24, 2.45) is 5.73 Å². The van der Waals surface area contributed by atoms with Gasteiger partial charge in [-0.15, -0.1) is 17.0 Å². The highest BCUT2D eigenvalue weighted by Crippen LogP contribution is 1.87. The van der Waals surface area contributed by atoms with Gasteiger partial charge in [-0.3, -0.25) is 4.79 Å². The van der Waals surface area contributed by atoms with E-state index in [1.807, 2.05) is 0 Å². The number of halogens is 1. The van der Waals surface area contributed by atoms with E-state index in [2.05, 4.69) is 4.98 Å². The fourth-order valence-corrected chi connectivity index (χ4v) is 0.616. The van der Waals surface area contributed by atoms with Gasteiger partial charge in [0.05, 0.1) is 0 Å². The van der Waals surface area contributed by atoms with E-state index in [9.17, 15) is 4.79 Å². The lowest BCUT2D eigenvalue weighted by atomic mass is 10.3. The maximum absolute atomic E-state index is 10.5. The van der Waals surface area contributed by atoms with Gasteiger partial charge in [-0.05, 0) is 11.6 Å². The molecule has 0 unspecified atom stereocenters. The third-order valence-corrected chi connectivity index (χ3v) is 1.08. The van der Waals surface area contributed by atoms with Crippen LogP contribution in [-0.4, -0.2) is 4.98 Å². The minimum absolute atomic E-state index is 0. The van der Waals surface area contributed by atoms with Crippen LogP contribution in [0.3, 0.4) is 0 Å². The number of H-pyrrole nitrogens is 1. The van der Waals surface area contributed by atoms with E-state index in [1.54, 1.807) is 12.3 Å². The number of aromatic nitrogens is 1. The average molecular weight is 205 g/mol. The van der Waals surface area contributed by atoms with Crippen LogP contribution >= 0.6 is 17.0 Å². The molecule has 3 N–H and O–H groups in total. The molecule has 0 amide bonds. The number of rotatable bonds is 1. The largest absolute Gasteiger partial charge is 0.329 e. The second-order valence-corrected chi connectivity index (χ2v) is 1.77. The summed E-state index contributed by atoms with van der Waals surface area (Å²) in [5, 5.41) is 0. The monoisotopic (exact) mass is 204 g/mol. The van der Waals surface area contributed by atoms with Crippen LogP contribution in [0.4, 0.5) is 0 Å². The van der Waals surface area contributed by atoms with Gasteiger partial charge >= 0.3 is 0 Å². The minimum atomic E-state index is -0.0991. The average Bonchev–Trinajstić information content (AvgIpc) is 1.88. The standard InChI is InChI=1S/C6H8N2O.BrH/c7-4-5-1-2-8-6(9)3-5;/h1-3H,4,7H2,(H,8,9);1H. The van der Waals surface area contributed by atoms with Crippen LogP contribution in [0.5, 0.6) is 0 Å². The summed E-state index contributed by atoms with van der Waals surface area (Å²) in [6.45, 7) is 0.421. The maximum Gasteiger partial charge on any atom is 0.248 e. The molecule has 0 radical (unpaired) electrons. The molecular formula is C6H9BrN2O. The van der Waals surface area contributed by atoms with Crippen LogP contribution in [0.2, 0.25) is 0 Å². The summed E-state index contributed by atoms with van der Waals surface area (Å²) in [6.07, 6.45) is 1.59. The van der Waals surface area contributed by atoms with Crippen molar-refractivity contribution in [1.82, 2.24) is 4.98 Å². The van der Waals surface area contributed by atoms with Crippen molar-refractivity contribution in [2.45, 2.75) is 6.54 Å². The molecule has 10 heavy (non-hydrogen) atoms. The second kappa shape index (κ2) is 4.24. The molecular weight excluding hydrogens is 196 g/mol. The van der Waals surface area contributed by atoms with E-state index in [4.69, 9.17) is 5.73 Å². The Hall–Kier alpha value is -0.610. The van der Waals surface area contributed by atoms with E-state index in [-0.39, 0.29) is 22.5 Å². The highest BCUT2D eigenvalue weighted by molar-refractivity contribution is 8.93. The van der Waals surface area contributed by atoms with Gasteiger partial charge in [0.1, 0.15) is 0 Å². The molecule has 0 aliphatic carbocycles. The molecule has 56 valence electrons. The van der Waals surface area contributed by atoms with Crippen molar-refractivity contribution < 1.29 is 0 Å². The Morgan fingerprint density at radius 3 is 2.70 bits per heavy atom. The van der Waals surface area contributed by atoms with Gasteiger partial charge in [0.2, 0.25) is 5.56 Å². The molecule has 0 aromatic carbocycles. The molecule has 0 saturated heterocycles. The fraction of sp³-hybridized carbons (Fsp3) is 0.167. The lowest BCUT2D eigenvalue weighted by Gasteiger charge is -1.90. The quantitative estimate of drug-likeness (QED) is 0.697. The van der Waals surface area contributed by atoms with Crippen molar-refractivity contribution >= 4 is 17.0 Å². The Morgan fingerprint density at radius 2 is 2.30 bits per heavy atom. The van der Waals surface area contributed by atoms with Crippen LogP contribution in [0.15, 0.2) is 23.1 Å². The van der Waals surface area contributed by atoms with Gasteiger partial charge in [0.15, 0.2) is 0 Å². The zero-order valence-corrected chi connectivity index (χ0v) is 7.05. The second-order valence-electron chi connectivity index (χ2n) is 1.77. The fourth-order valence-electron chi connectivity index (χ4n) is 0.616. The van der Waals surface area contributed by atoms with Gasteiger partial charge in [-0.2, -0.15) is 0 Å². The summed E-state index contributed by atoms with van der Waals surface area (Å²) in [7, 11) is 0. The van der Waals surface area contributed by atoms with Gasteiger partial charge in [0, 0.05) is 18.8 Å². The summed E-state index contributed by atoms with van der Waals surface area (Å²) in [5.41, 5.74) is 6.03. The SMILES string of the molecule is Br.NCc1cc[nH]c(=O)c1. The van der Waals surface area contributed by atoms with Crippen LogP contribution in [0.25, 0.3) is 0 Å². The third-order valence-electron chi connectivity index (χ3n) is 1.08. The molecule has 1 rings (SSSR count). The van der Waals surface area contributed by atoms with E-state index >= 15 is 0 Å². The minimum Gasteiger partial charge on any atom is -0.329 e. The predicted molar refractivity (Wildman–Crippen MR) is 45.3 cm³/mol. The predicted octanol–water partition coefficient (Wildman–Crippen LogP) is 0.412. The lowest BCUT2D eigenvalue weighted by molar-refractivity contribution is 1.05. The molecule has 0 saturated carbocycles. The first-order valence-electron chi connectivity index (χ1n) is 2.70. The normalized spacial score (nSPS) is 8.50. The molecule has 0 spiro atoms. The van der Waals surface area contributed by atoms with Crippen LogP contribution in [0.1, 0.15) is 5.56 Å². The summed E-state index contributed by atoms with van der Waals surface area (Å²) in [4.78, 5) is 13.0. The summed E-state index contributed by atoms with van der Waals surface area (Å²) >= 11 is 0. The van der Waals surface area contributed by atoms with E-state index in [0.29, 0.717) is 6.54 Å². The van der Waals surface area contributed by atoms with E-state index < -0.39 is 0 Å². The van der Waals surface area contributed by atoms with Crippen molar-refractivity contribution in [1.29, 1.82) is 0 Å². The first kappa shape index (κ1) is 9.39. The van der Waals surface area contributed by atoms with Gasteiger partial charge in [0.25, 0.3) is 0 Å². The molecule has 0 fully saturated rings. The van der Waals surface area contributed by atoms with Crippen molar-refractivity contribution in [3.05, 3.63) is 34.2 Å². The molecule has 4 heteroatoms. The topological polar surface area (TPSA) is 58.9 Å². The Labute approximate surface area is 69.0 Å². The highest BCUT2D eigenvalue weighted by Gasteiger charge is 1.85. The number of pyridine rings is 1. The molecule has 0 aliphatic rings. The molecule has 0 atom stereocenters. The first-order valence-corrected chi connectivity index (χ1v) is 2.70. The van der Waals surface area contributed by atoms with Gasteiger partial charge in [-0.1, -0.05) is 0 Å². The van der Waals surface area contributed by atoms with Crippen molar-refractivity contribution in [2.75, 3.05) is 0 Å². The number of hydrogen-bond acceptors (Lipinski definition) is 2. The Kier molecular flexibility index (Phi) is 3.99. The smallest absolute Gasteiger partial charge is 0.248 e. The molecule has 1 heterocycles. The highest BCUT2D eigenvalue weighted by atomic mass is 79.9. The third kappa shape index (κ3) is 2.33. The molecule has 0 aliphatic heterocycles. The maximum atomic E-state index is 10.5. The molecule has 0 bridgehead atoms. The van der Waals surface area contributed by atoms with Crippen LogP contribution in [0, 0.1) is 0 Å². The Balaban J connectivity index is 0.000000810. The van der Waals surface area contributed by atoms with Crippen molar-refractivity contribution in [3.8, 4) is 0 Å². The molecule has 1 aromatic heterocycles. The summed E-state index contributed by atoms with van der Waals surface area (Å²) in [6, 6.07) is 3.27. The Bertz CT molecular complexity index is 246. The van der Waals surface area contributed by atoms with Gasteiger partial charge in [-0.25, -0.2) is 0 Å². The number of aromatic amines is 1. The van der Waals surface area contributed by atoms with Gasteiger partial charge < -0.3 is 10.7 Å². The van der Waals surface area contributed by atoms with Crippen molar-refractivity contribution in [3.63, 3.8) is 0 Å². The lowest BCUT2D eigenvalue weighted by Crippen LogP contribution is -2.06. The zero-order chi connectivity index (χ0) is 6.69. The summed E-state index contributed by atoms with van der Waals surface area (Å²) < 4.78 is 0. The zero-order valence-electron chi connectivity index (χ0n) is 5.33.